The molecule has 38 heavy (non-hydrogen) atoms. The number of rotatable bonds is 1. The Morgan fingerprint density at radius 1 is 0.789 bits per heavy atom. The van der Waals surface area contributed by atoms with Crippen LogP contribution in [0.4, 0.5) is 0 Å². The normalized spacial score (nSPS) is 15.5. The summed E-state index contributed by atoms with van der Waals surface area (Å²) in [5.41, 5.74) is 9.88. The summed E-state index contributed by atoms with van der Waals surface area (Å²) in [5.74, 6) is 0.651. The van der Waals surface area contributed by atoms with Gasteiger partial charge in [0, 0.05) is 16.8 Å². The summed E-state index contributed by atoms with van der Waals surface area (Å²) in [4.78, 5) is 0. The molecule has 0 aliphatic heterocycles. The molecule has 0 saturated heterocycles. The monoisotopic (exact) mass is 495 g/mol. The predicted octanol–water partition coefficient (Wildman–Crippen LogP) is 9.23. The Morgan fingerprint density at radius 3 is 2.21 bits per heavy atom. The summed E-state index contributed by atoms with van der Waals surface area (Å²) < 4.78 is 5.05. The van der Waals surface area contributed by atoms with E-state index in [1.165, 1.54) is 96.6 Å². The molecular formula is C36H35N2+. The molecule has 2 nitrogen and oxygen atoms in total. The Hall–Kier alpha value is -3.65. The zero-order valence-corrected chi connectivity index (χ0v) is 23.2. The molecule has 1 aliphatic rings. The second-order valence-corrected chi connectivity index (χ2v) is 12.8. The summed E-state index contributed by atoms with van der Waals surface area (Å²) in [5, 5.41) is 9.83. The summed E-state index contributed by atoms with van der Waals surface area (Å²) in [6.07, 6.45) is 7.60. The number of hydrogen-bond donors (Lipinski definition) is 0. The minimum atomic E-state index is -0.0257. The topological polar surface area (TPSA) is 8.29 Å². The van der Waals surface area contributed by atoms with Crippen LogP contribution < -0.4 is 4.57 Å². The number of hydrogen-bond acceptors (Lipinski definition) is 0. The van der Waals surface area contributed by atoms with Gasteiger partial charge in [-0.25, -0.2) is 4.57 Å². The van der Waals surface area contributed by atoms with Crippen LogP contribution in [-0.2, 0) is 12.5 Å². The van der Waals surface area contributed by atoms with Crippen molar-refractivity contribution >= 4 is 59.8 Å². The van der Waals surface area contributed by atoms with Crippen LogP contribution in [0.1, 0.15) is 69.1 Å². The fraction of sp³-hybridized carbons (Fsp3) is 0.306. The number of para-hydroxylation sites is 1. The molecule has 1 saturated carbocycles. The minimum absolute atomic E-state index is 0.0257. The van der Waals surface area contributed by atoms with Crippen molar-refractivity contribution < 1.29 is 4.57 Å². The van der Waals surface area contributed by atoms with Crippen LogP contribution in [0.3, 0.4) is 0 Å². The van der Waals surface area contributed by atoms with Crippen molar-refractivity contribution in [1.29, 1.82) is 0 Å². The fourth-order valence-corrected chi connectivity index (χ4v) is 8.00. The molecule has 0 spiro atoms. The maximum atomic E-state index is 2.67. The van der Waals surface area contributed by atoms with Gasteiger partial charge in [0.1, 0.15) is 7.05 Å². The van der Waals surface area contributed by atoms with Crippen molar-refractivity contribution in [2.24, 2.45) is 7.05 Å². The fourth-order valence-electron chi connectivity index (χ4n) is 8.00. The highest BCUT2D eigenvalue weighted by Gasteiger charge is 2.32. The Morgan fingerprint density at radius 2 is 1.47 bits per heavy atom. The number of pyridine rings is 2. The van der Waals surface area contributed by atoms with Crippen molar-refractivity contribution in [3.63, 3.8) is 0 Å². The lowest BCUT2D eigenvalue weighted by Crippen LogP contribution is -2.29. The van der Waals surface area contributed by atoms with Crippen LogP contribution in [0, 0.1) is 6.92 Å². The van der Waals surface area contributed by atoms with E-state index in [4.69, 9.17) is 0 Å². The van der Waals surface area contributed by atoms with Gasteiger partial charge in [0.25, 0.3) is 0 Å². The van der Waals surface area contributed by atoms with E-state index in [9.17, 15) is 0 Å². The van der Waals surface area contributed by atoms with E-state index < -0.39 is 0 Å². The van der Waals surface area contributed by atoms with E-state index in [1.54, 1.807) is 5.56 Å². The van der Waals surface area contributed by atoms with Gasteiger partial charge in [-0.3, -0.25) is 0 Å². The van der Waals surface area contributed by atoms with Crippen molar-refractivity contribution in [2.45, 2.75) is 64.7 Å². The van der Waals surface area contributed by atoms with E-state index in [0.29, 0.717) is 5.92 Å². The first kappa shape index (κ1) is 22.3. The number of aryl methyl sites for hydroxylation is 2. The number of fused-ring (bicyclic) bond motifs is 7. The molecule has 188 valence electrons. The molecule has 0 N–H and O–H groups in total. The van der Waals surface area contributed by atoms with Gasteiger partial charge in [0.15, 0.2) is 6.20 Å². The van der Waals surface area contributed by atoms with E-state index >= 15 is 0 Å². The molecule has 2 heteroatoms. The molecule has 8 rings (SSSR count). The molecule has 0 unspecified atom stereocenters. The lowest BCUT2D eigenvalue weighted by molar-refractivity contribution is -0.643. The van der Waals surface area contributed by atoms with Gasteiger partial charge < -0.3 is 4.40 Å². The Bertz CT molecular complexity index is 2080. The van der Waals surface area contributed by atoms with Crippen LogP contribution in [0.5, 0.6) is 0 Å². The number of nitrogens with zero attached hydrogens (tertiary/aromatic N) is 2. The van der Waals surface area contributed by atoms with Gasteiger partial charge in [-0.1, -0.05) is 76.1 Å². The Balaban J connectivity index is 1.81. The van der Waals surface area contributed by atoms with E-state index in [0.717, 1.165) is 0 Å². The molecule has 4 aromatic carbocycles. The predicted molar refractivity (Wildman–Crippen MR) is 162 cm³/mol. The lowest BCUT2D eigenvalue weighted by atomic mass is 9.79. The third-order valence-corrected chi connectivity index (χ3v) is 9.52. The molecule has 0 amide bonds. The number of aromatic nitrogens is 2. The highest BCUT2D eigenvalue weighted by Crippen LogP contribution is 2.49. The molecule has 1 aliphatic carbocycles. The molecule has 1 fully saturated rings. The number of benzene rings is 4. The van der Waals surface area contributed by atoms with Crippen LogP contribution in [0.15, 0.2) is 66.9 Å². The standard InChI is InChI=1S/C36H35N2/c1-21-24-14-8-9-15-25(24)32(36(2,3)4)35-29(21)33-30-23(18-19-37(33)5)20-27(22-12-6-7-13-22)31-26-16-10-11-17-28(26)38(35)34(30)31/h8-11,14-20,22H,6-7,12-13H2,1-5H3/q+1. The van der Waals surface area contributed by atoms with E-state index in [2.05, 4.69) is 111 Å². The third kappa shape index (κ3) is 2.71. The Labute approximate surface area is 223 Å². The first-order chi connectivity index (χ1) is 18.4. The molecule has 3 aromatic heterocycles. The van der Waals surface area contributed by atoms with Gasteiger partial charge in [0.2, 0.25) is 5.52 Å². The highest BCUT2D eigenvalue weighted by molar-refractivity contribution is 6.29. The third-order valence-electron chi connectivity index (χ3n) is 9.52. The zero-order chi connectivity index (χ0) is 25.9. The van der Waals surface area contributed by atoms with Gasteiger partial charge in [0.05, 0.1) is 27.3 Å². The molecular weight excluding hydrogens is 460 g/mol. The van der Waals surface area contributed by atoms with Crippen LogP contribution in [0.2, 0.25) is 0 Å². The maximum absolute atomic E-state index is 2.67. The first-order valence-corrected chi connectivity index (χ1v) is 14.3. The van der Waals surface area contributed by atoms with Gasteiger partial charge in [-0.15, -0.1) is 0 Å². The van der Waals surface area contributed by atoms with Gasteiger partial charge in [-0.2, -0.15) is 0 Å². The first-order valence-electron chi connectivity index (χ1n) is 14.3. The summed E-state index contributed by atoms with van der Waals surface area (Å²) in [6.45, 7) is 9.50. The highest BCUT2D eigenvalue weighted by atomic mass is 15.0. The van der Waals surface area contributed by atoms with Crippen LogP contribution in [0.25, 0.3) is 59.8 Å². The van der Waals surface area contributed by atoms with Crippen molar-refractivity contribution in [2.75, 3.05) is 0 Å². The minimum Gasteiger partial charge on any atom is -0.307 e. The van der Waals surface area contributed by atoms with E-state index in [-0.39, 0.29) is 5.41 Å². The quantitative estimate of drug-likeness (QED) is 0.122. The molecule has 7 aromatic rings. The largest absolute Gasteiger partial charge is 0.307 e. The Kier molecular flexibility index (Phi) is 4.39. The molecule has 3 heterocycles. The lowest BCUT2D eigenvalue weighted by Gasteiger charge is -2.27. The second-order valence-electron chi connectivity index (χ2n) is 12.8. The van der Waals surface area contributed by atoms with Gasteiger partial charge >= 0.3 is 0 Å². The van der Waals surface area contributed by atoms with Crippen LogP contribution >= 0.6 is 0 Å². The van der Waals surface area contributed by atoms with Crippen molar-refractivity contribution in [3.05, 3.63) is 83.6 Å². The second kappa shape index (κ2) is 7.47. The van der Waals surface area contributed by atoms with Gasteiger partial charge in [-0.05, 0) is 76.1 Å². The molecule has 0 radical (unpaired) electrons. The van der Waals surface area contributed by atoms with E-state index in [1.807, 2.05) is 0 Å². The molecule has 0 bridgehead atoms. The summed E-state index contributed by atoms with van der Waals surface area (Å²) in [7, 11) is 2.24. The van der Waals surface area contributed by atoms with Crippen LogP contribution in [-0.4, -0.2) is 4.40 Å². The average Bonchev–Trinajstić information content (AvgIpc) is 3.56. The molecule has 0 atom stereocenters. The summed E-state index contributed by atoms with van der Waals surface area (Å²) >= 11 is 0. The van der Waals surface area contributed by atoms with Crippen molar-refractivity contribution in [3.8, 4) is 0 Å². The maximum Gasteiger partial charge on any atom is 0.224 e. The smallest absolute Gasteiger partial charge is 0.224 e. The zero-order valence-electron chi connectivity index (χ0n) is 23.2. The summed E-state index contributed by atoms with van der Waals surface area (Å²) in [6, 6.07) is 23.2. The van der Waals surface area contributed by atoms with Crippen molar-refractivity contribution in [1.82, 2.24) is 4.40 Å². The average molecular weight is 496 g/mol. The SMILES string of the molecule is Cc1c2ccccc2c(C(C)(C)C)c2c1c1c3c(cc[n+]1C)cc(C1CCCC1)c1c4ccccc4n2c13.